The maximum atomic E-state index is 13.6. The van der Waals surface area contributed by atoms with Crippen LogP contribution in [0.1, 0.15) is 33.9 Å². The van der Waals surface area contributed by atoms with Crippen LogP contribution in [0.2, 0.25) is 0 Å². The molecule has 27 heavy (non-hydrogen) atoms. The van der Waals surface area contributed by atoms with Gasteiger partial charge in [-0.25, -0.2) is 14.2 Å². The highest BCUT2D eigenvalue weighted by Gasteiger charge is 2.22. The monoisotopic (exact) mass is 386 g/mol. The van der Waals surface area contributed by atoms with E-state index in [0.717, 1.165) is 21.3 Å². The van der Waals surface area contributed by atoms with E-state index >= 15 is 0 Å². The van der Waals surface area contributed by atoms with Crippen molar-refractivity contribution < 1.29 is 18.7 Å². The highest BCUT2D eigenvalue weighted by molar-refractivity contribution is 7.18. The number of aryl methyl sites for hydroxylation is 1. The fourth-order valence-electron chi connectivity index (χ4n) is 2.48. The molecule has 5 nitrogen and oxygen atoms in total. The maximum Gasteiger partial charge on any atom is 0.338 e. The number of hydrogen-bond donors (Lipinski definition) is 0. The number of aromatic nitrogens is 1. The lowest BCUT2D eigenvalue weighted by atomic mass is 10.1. The lowest BCUT2D eigenvalue weighted by molar-refractivity contribution is -0.135. The SMILES string of the molecule is Cc1ccc(C(=O)OCC(=O)N(C)[C@H](C)c2nc3ccccc3s2)cc1F. The average molecular weight is 386 g/mol. The van der Waals surface area contributed by atoms with Crippen molar-refractivity contribution in [3.63, 3.8) is 0 Å². The van der Waals surface area contributed by atoms with E-state index < -0.39 is 18.4 Å². The van der Waals surface area contributed by atoms with Crippen molar-refractivity contribution in [2.75, 3.05) is 13.7 Å². The topological polar surface area (TPSA) is 59.5 Å². The first kappa shape index (κ1) is 19.0. The molecular weight excluding hydrogens is 367 g/mol. The zero-order chi connectivity index (χ0) is 19.6. The van der Waals surface area contributed by atoms with E-state index in [9.17, 15) is 14.0 Å². The fourth-order valence-corrected chi connectivity index (χ4v) is 3.55. The van der Waals surface area contributed by atoms with Crippen molar-refractivity contribution in [2.45, 2.75) is 19.9 Å². The number of hydrogen-bond acceptors (Lipinski definition) is 5. The van der Waals surface area contributed by atoms with Crippen molar-refractivity contribution in [1.29, 1.82) is 0 Å². The van der Waals surface area contributed by atoms with Gasteiger partial charge in [-0.1, -0.05) is 18.2 Å². The quantitative estimate of drug-likeness (QED) is 0.619. The van der Waals surface area contributed by atoms with Crippen molar-refractivity contribution in [3.8, 4) is 0 Å². The fraction of sp³-hybridized carbons (Fsp3) is 0.250. The van der Waals surface area contributed by atoms with Crippen LogP contribution in [-0.4, -0.2) is 35.4 Å². The predicted molar refractivity (Wildman–Crippen MR) is 102 cm³/mol. The highest BCUT2D eigenvalue weighted by atomic mass is 32.1. The molecule has 1 atom stereocenters. The smallest absolute Gasteiger partial charge is 0.338 e. The molecule has 0 spiro atoms. The van der Waals surface area contributed by atoms with Gasteiger partial charge in [-0.2, -0.15) is 0 Å². The Kier molecular flexibility index (Phi) is 5.51. The number of thiazole rings is 1. The number of carbonyl (C=O) groups is 2. The zero-order valence-electron chi connectivity index (χ0n) is 15.2. The van der Waals surface area contributed by atoms with Gasteiger partial charge in [0.05, 0.1) is 21.8 Å². The van der Waals surface area contributed by atoms with E-state index in [1.54, 1.807) is 14.0 Å². The van der Waals surface area contributed by atoms with E-state index in [2.05, 4.69) is 4.98 Å². The third-order valence-electron chi connectivity index (χ3n) is 4.38. The molecule has 0 aliphatic carbocycles. The van der Waals surface area contributed by atoms with Crippen molar-refractivity contribution in [3.05, 3.63) is 64.4 Å². The minimum atomic E-state index is -0.733. The van der Waals surface area contributed by atoms with Crippen LogP contribution >= 0.6 is 11.3 Å². The maximum absolute atomic E-state index is 13.6. The highest BCUT2D eigenvalue weighted by Crippen LogP contribution is 2.28. The molecule has 1 heterocycles. The molecule has 0 aliphatic heterocycles. The number of likely N-dealkylation sites (N-methyl/N-ethyl adjacent to an activating group) is 1. The van der Waals surface area contributed by atoms with Crippen LogP contribution in [0.5, 0.6) is 0 Å². The molecule has 0 saturated carbocycles. The second-order valence-corrected chi connectivity index (χ2v) is 7.30. The molecule has 3 aromatic rings. The first-order valence-corrected chi connectivity index (χ1v) is 9.23. The van der Waals surface area contributed by atoms with E-state index in [1.807, 2.05) is 31.2 Å². The van der Waals surface area contributed by atoms with Crippen LogP contribution in [-0.2, 0) is 9.53 Å². The number of halogens is 1. The Morgan fingerprint density at radius 1 is 1.26 bits per heavy atom. The summed E-state index contributed by atoms with van der Waals surface area (Å²) in [5.41, 5.74) is 1.40. The number of para-hydroxylation sites is 1. The Hall–Kier alpha value is -2.80. The van der Waals surface area contributed by atoms with Gasteiger partial charge >= 0.3 is 5.97 Å². The number of ether oxygens (including phenoxy) is 1. The Morgan fingerprint density at radius 2 is 2.00 bits per heavy atom. The molecule has 0 N–H and O–H groups in total. The van der Waals surface area contributed by atoms with Gasteiger partial charge in [0.15, 0.2) is 6.61 Å². The third kappa shape index (κ3) is 4.14. The van der Waals surface area contributed by atoms with Gasteiger partial charge in [0.25, 0.3) is 5.91 Å². The normalized spacial score (nSPS) is 12.0. The number of fused-ring (bicyclic) bond motifs is 1. The molecule has 3 rings (SSSR count). The lowest BCUT2D eigenvalue weighted by Crippen LogP contribution is -2.33. The zero-order valence-corrected chi connectivity index (χ0v) is 16.0. The van der Waals surface area contributed by atoms with Gasteiger partial charge in [0, 0.05) is 7.05 Å². The van der Waals surface area contributed by atoms with Crippen molar-refractivity contribution in [1.82, 2.24) is 9.88 Å². The van der Waals surface area contributed by atoms with Gasteiger partial charge in [0.2, 0.25) is 0 Å². The largest absolute Gasteiger partial charge is 0.452 e. The molecule has 1 aromatic heterocycles. The number of esters is 1. The molecule has 0 fully saturated rings. The molecule has 140 valence electrons. The second-order valence-electron chi connectivity index (χ2n) is 6.24. The first-order chi connectivity index (χ1) is 12.9. The summed E-state index contributed by atoms with van der Waals surface area (Å²) >= 11 is 1.52. The number of amides is 1. The minimum Gasteiger partial charge on any atom is -0.452 e. The summed E-state index contributed by atoms with van der Waals surface area (Å²) in [5, 5.41) is 0.805. The standard InChI is InChI=1S/C20H19FN2O3S/c1-12-8-9-14(10-15(12)21)20(25)26-11-18(24)23(3)13(2)19-22-16-6-4-5-7-17(16)27-19/h4-10,13H,11H2,1-3H3/t13-/m1/s1. The molecule has 0 saturated heterocycles. The van der Waals surface area contributed by atoms with Crippen LogP contribution in [0.4, 0.5) is 4.39 Å². The van der Waals surface area contributed by atoms with Crippen molar-refractivity contribution in [2.24, 2.45) is 0 Å². The molecule has 1 amide bonds. The lowest BCUT2D eigenvalue weighted by Gasteiger charge is -2.23. The van der Waals surface area contributed by atoms with E-state index in [1.165, 1.54) is 28.4 Å². The van der Waals surface area contributed by atoms with Crippen LogP contribution in [0, 0.1) is 12.7 Å². The minimum absolute atomic E-state index is 0.0766. The van der Waals surface area contributed by atoms with E-state index in [4.69, 9.17) is 4.74 Å². The molecule has 0 unspecified atom stereocenters. The van der Waals surface area contributed by atoms with Gasteiger partial charge in [-0.05, 0) is 43.7 Å². The van der Waals surface area contributed by atoms with Crippen LogP contribution in [0.15, 0.2) is 42.5 Å². The van der Waals surface area contributed by atoms with Crippen LogP contribution < -0.4 is 0 Å². The van der Waals surface area contributed by atoms with Gasteiger partial charge < -0.3 is 9.64 Å². The summed E-state index contributed by atoms with van der Waals surface area (Å²) in [4.78, 5) is 30.4. The van der Waals surface area contributed by atoms with Gasteiger partial charge in [-0.3, -0.25) is 4.79 Å². The van der Waals surface area contributed by atoms with E-state index in [-0.39, 0.29) is 17.5 Å². The molecule has 0 aliphatic rings. The number of carbonyl (C=O) groups excluding carboxylic acids is 2. The summed E-state index contributed by atoms with van der Waals surface area (Å²) in [7, 11) is 1.64. The van der Waals surface area contributed by atoms with Gasteiger partial charge in [0.1, 0.15) is 10.8 Å². The average Bonchev–Trinajstić information content (AvgIpc) is 3.11. The number of nitrogens with zero attached hydrogens (tertiary/aromatic N) is 2. The molecule has 7 heteroatoms. The molecular formula is C20H19FN2O3S. The Bertz CT molecular complexity index is 969. The summed E-state index contributed by atoms with van der Waals surface area (Å²) in [5.74, 6) is -1.58. The number of benzene rings is 2. The summed E-state index contributed by atoms with van der Waals surface area (Å²) < 4.78 is 19.6. The second kappa shape index (κ2) is 7.84. The van der Waals surface area contributed by atoms with E-state index in [0.29, 0.717) is 5.56 Å². The Morgan fingerprint density at radius 3 is 2.70 bits per heavy atom. The molecule has 2 aromatic carbocycles. The van der Waals surface area contributed by atoms with Gasteiger partial charge in [-0.15, -0.1) is 11.3 Å². The van der Waals surface area contributed by atoms with Crippen molar-refractivity contribution >= 4 is 33.4 Å². The van der Waals surface area contributed by atoms with Crippen LogP contribution in [0.3, 0.4) is 0 Å². The molecule has 0 bridgehead atoms. The summed E-state index contributed by atoms with van der Waals surface area (Å²) in [6.45, 7) is 3.05. The first-order valence-electron chi connectivity index (χ1n) is 8.41. The Labute approximate surface area is 160 Å². The summed E-state index contributed by atoms with van der Waals surface area (Å²) in [6.07, 6.45) is 0. The Balaban J connectivity index is 1.62. The third-order valence-corrected chi connectivity index (χ3v) is 5.58. The van der Waals surface area contributed by atoms with Crippen LogP contribution in [0.25, 0.3) is 10.2 Å². The number of rotatable bonds is 5. The predicted octanol–water partition coefficient (Wildman–Crippen LogP) is 4.12. The summed E-state index contributed by atoms with van der Waals surface area (Å²) in [6, 6.07) is 11.6. The molecule has 0 radical (unpaired) electrons.